The quantitative estimate of drug-likeness (QED) is 0.842. The number of hydrogen-bond donors (Lipinski definition) is 0. The molecule has 2 aromatic rings. The van der Waals surface area contributed by atoms with Crippen molar-refractivity contribution < 1.29 is 13.6 Å². The first kappa shape index (κ1) is 12.8. The molecule has 2 heterocycles. The summed E-state index contributed by atoms with van der Waals surface area (Å²) >= 11 is 0. The fourth-order valence-electron chi connectivity index (χ4n) is 2.40. The lowest BCUT2D eigenvalue weighted by Gasteiger charge is -2.15. The van der Waals surface area contributed by atoms with Gasteiger partial charge < -0.3 is 9.32 Å². The predicted octanol–water partition coefficient (Wildman–Crippen LogP) is 2.15. The molecule has 3 rings (SSSR count). The Bertz CT molecular complexity index is 624. The van der Waals surface area contributed by atoms with Crippen LogP contribution in [0.2, 0.25) is 0 Å². The van der Waals surface area contributed by atoms with Crippen molar-refractivity contribution in [1.29, 1.82) is 0 Å². The van der Waals surface area contributed by atoms with Crippen LogP contribution in [0.3, 0.4) is 0 Å². The first-order valence-corrected chi connectivity index (χ1v) is 6.48. The van der Waals surface area contributed by atoms with Crippen molar-refractivity contribution in [2.75, 3.05) is 13.1 Å². The number of rotatable bonds is 2. The number of benzene rings is 1. The van der Waals surface area contributed by atoms with E-state index in [1.54, 1.807) is 11.8 Å². The number of halogens is 1. The maximum atomic E-state index is 12.9. The van der Waals surface area contributed by atoms with Gasteiger partial charge in [-0.15, -0.1) is 10.2 Å². The smallest absolute Gasteiger partial charge is 0.253 e. The van der Waals surface area contributed by atoms with Gasteiger partial charge in [-0.2, -0.15) is 0 Å². The first-order chi connectivity index (χ1) is 9.63. The van der Waals surface area contributed by atoms with Crippen molar-refractivity contribution in [3.63, 3.8) is 0 Å². The Hall–Kier alpha value is -2.24. The van der Waals surface area contributed by atoms with Crippen LogP contribution in [0, 0.1) is 12.7 Å². The maximum absolute atomic E-state index is 12.9. The molecule has 0 unspecified atom stereocenters. The first-order valence-electron chi connectivity index (χ1n) is 6.48. The summed E-state index contributed by atoms with van der Waals surface area (Å²) < 4.78 is 18.3. The molecule has 1 aliphatic heterocycles. The summed E-state index contributed by atoms with van der Waals surface area (Å²) in [4.78, 5) is 14.0. The Morgan fingerprint density at radius 2 is 2.10 bits per heavy atom. The SMILES string of the molecule is Cc1nnc([C@H]2CCN(C(=O)c3ccc(F)cc3)C2)o1. The normalized spacial score (nSPS) is 18.5. The van der Waals surface area contributed by atoms with Crippen molar-refractivity contribution in [3.05, 3.63) is 47.4 Å². The Morgan fingerprint density at radius 3 is 2.75 bits per heavy atom. The minimum absolute atomic E-state index is 0.0839. The Morgan fingerprint density at radius 1 is 1.35 bits per heavy atom. The summed E-state index contributed by atoms with van der Waals surface area (Å²) in [6, 6.07) is 5.59. The average molecular weight is 275 g/mol. The van der Waals surface area contributed by atoms with E-state index >= 15 is 0 Å². The van der Waals surface area contributed by atoms with Gasteiger partial charge in [0.05, 0.1) is 5.92 Å². The molecule has 1 aliphatic rings. The topological polar surface area (TPSA) is 59.2 Å². The fraction of sp³-hybridized carbons (Fsp3) is 0.357. The number of aryl methyl sites for hydroxylation is 1. The molecule has 0 N–H and O–H groups in total. The van der Waals surface area contributed by atoms with Crippen LogP contribution in [-0.4, -0.2) is 34.1 Å². The number of likely N-dealkylation sites (tertiary alicyclic amines) is 1. The molecule has 1 aromatic carbocycles. The summed E-state index contributed by atoms with van der Waals surface area (Å²) in [7, 11) is 0. The summed E-state index contributed by atoms with van der Waals surface area (Å²) in [6.07, 6.45) is 0.800. The average Bonchev–Trinajstić information content (AvgIpc) is 3.07. The van der Waals surface area contributed by atoms with Gasteiger partial charge in [0.1, 0.15) is 5.82 Å². The summed E-state index contributed by atoms with van der Waals surface area (Å²) in [5.41, 5.74) is 0.494. The lowest BCUT2D eigenvalue weighted by molar-refractivity contribution is 0.0790. The molecule has 1 aromatic heterocycles. The molecule has 1 fully saturated rings. The van der Waals surface area contributed by atoms with Gasteiger partial charge in [-0.3, -0.25) is 4.79 Å². The van der Waals surface area contributed by atoms with E-state index in [0.29, 0.717) is 30.4 Å². The van der Waals surface area contributed by atoms with E-state index < -0.39 is 0 Å². The van der Waals surface area contributed by atoms with E-state index in [1.165, 1.54) is 24.3 Å². The number of hydrogen-bond acceptors (Lipinski definition) is 4. The number of nitrogens with zero attached hydrogens (tertiary/aromatic N) is 3. The van der Waals surface area contributed by atoms with Crippen molar-refractivity contribution in [2.24, 2.45) is 0 Å². The standard InChI is InChI=1S/C14H14FN3O2/c1-9-16-17-13(20-9)11-6-7-18(8-11)14(19)10-2-4-12(15)5-3-10/h2-5,11H,6-8H2,1H3/t11-/m0/s1. The van der Waals surface area contributed by atoms with E-state index in [1.807, 2.05) is 0 Å². The highest BCUT2D eigenvalue weighted by Crippen LogP contribution is 2.27. The van der Waals surface area contributed by atoms with E-state index in [-0.39, 0.29) is 17.6 Å². The lowest BCUT2D eigenvalue weighted by atomic mass is 10.1. The summed E-state index contributed by atoms with van der Waals surface area (Å²) in [5.74, 6) is 0.756. The lowest BCUT2D eigenvalue weighted by Crippen LogP contribution is -2.28. The second-order valence-corrected chi connectivity index (χ2v) is 4.90. The van der Waals surface area contributed by atoms with Crippen LogP contribution in [0.4, 0.5) is 4.39 Å². The molecule has 5 nitrogen and oxygen atoms in total. The van der Waals surface area contributed by atoms with Crippen molar-refractivity contribution in [1.82, 2.24) is 15.1 Å². The summed E-state index contributed by atoms with van der Waals surface area (Å²) in [6.45, 7) is 2.94. The zero-order valence-electron chi connectivity index (χ0n) is 11.0. The number of carbonyl (C=O) groups is 1. The molecular weight excluding hydrogens is 261 g/mol. The molecule has 0 bridgehead atoms. The van der Waals surface area contributed by atoms with E-state index in [9.17, 15) is 9.18 Å². The highest BCUT2D eigenvalue weighted by atomic mass is 19.1. The Kier molecular flexibility index (Phi) is 3.22. The summed E-state index contributed by atoms with van der Waals surface area (Å²) in [5, 5.41) is 7.81. The third-order valence-corrected chi connectivity index (χ3v) is 3.46. The Labute approximate surface area is 115 Å². The highest BCUT2D eigenvalue weighted by molar-refractivity contribution is 5.94. The molecule has 0 spiro atoms. The zero-order chi connectivity index (χ0) is 14.1. The van der Waals surface area contributed by atoms with E-state index in [0.717, 1.165) is 6.42 Å². The van der Waals surface area contributed by atoms with Crippen LogP contribution in [0.25, 0.3) is 0 Å². The number of amides is 1. The van der Waals surface area contributed by atoms with Gasteiger partial charge in [-0.1, -0.05) is 0 Å². The van der Waals surface area contributed by atoms with E-state index in [2.05, 4.69) is 10.2 Å². The molecule has 6 heteroatoms. The van der Waals surface area contributed by atoms with Gasteiger partial charge in [0, 0.05) is 25.6 Å². The Balaban J connectivity index is 1.70. The third-order valence-electron chi connectivity index (χ3n) is 3.46. The molecule has 0 aliphatic carbocycles. The van der Waals surface area contributed by atoms with Gasteiger partial charge in [0.25, 0.3) is 5.91 Å². The van der Waals surface area contributed by atoms with Crippen LogP contribution in [0.1, 0.15) is 34.5 Å². The minimum Gasteiger partial charge on any atom is -0.425 e. The molecule has 1 atom stereocenters. The number of aromatic nitrogens is 2. The van der Waals surface area contributed by atoms with Gasteiger partial charge in [0.2, 0.25) is 11.8 Å². The van der Waals surface area contributed by atoms with Gasteiger partial charge in [-0.25, -0.2) is 4.39 Å². The molecular formula is C14H14FN3O2. The van der Waals surface area contributed by atoms with Gasteiger partial charge in [0.15, 0.2) is 0 Å². The largest absolute Gasteiger partial charge is 0.425 e. The maximum Gasteiger partial charge on any atom is 0.253 e. The molecule has 1 saturated heterocycles. The van der Waals surface area contributed by atoms with Crippen molar-refractivity contribution in [3.8, 4) is 0 Å². The van der Waals surface area contributed by atoms with Crippen LogP contribution < -0.4 is 0 Å². The van der Waals surface area contributed by atoms with Gasteiger partial charge >= 0.3 is 0 Å². The molecule has 0 radical (unpaired) electrons. The minimum atomic E-state index is -0.345. The van der Waals surface area contributed by atoms with Crippen molar-refractivity contribution >= 4 is 5.91 Å². The van der Waals surface area contributed by atoms with Gasteiger partial charge in [-0.05, 0) is 30.7 Å². The third kappa shape index (κ3) is 2.41. The zero-order valence-corrected chi connectivity index (χ0v) is 11.0. The highest BCUT2D eigenvalue weighted by Gasteiger charge is 2.31. The second kappa shape index (κ2) is 5.03. The van der Waals surface area contributed by atoms with Crippen LogP contribution in [-0.2, 0) is 0 Å². The van der Waals surface area contributed by atoms with Crippen LogP contribution >= 0.6 is 0 Å². The fourth-order valence-corrected chi connectivity index (χ4v) is 2.40. The number of carbonyl (C=O) groups excluding carboxylic acids is 1. The molecule has 0 saturated carbocycles. The molecule has 104 valence electrons. The van der Waals surface area contributed by atoms with Crippen molar-refractivity contribution in [2.45, 2.75) is 19.3 Å². The van der Waals surface area contributed by atoms with E-state index in [4.69, 9.17) is 4.42 Å². The molecule has 1 amide bonds. The van der Waals surface area contributed by atoms with Crippen LogP contribution in [0.15, 0.2) is 28.7 Å². The second-order valence-electron chi connectivity index (χ2n) is 4.90. The monoisotopic (exact) mass is 275 g/mol. The van der Waals surface area contributed by atoms with Crippen LogP contribution in [0.5, 0.6) is 0 Å². The molecule has 20 heavy (non-hydrogen) atoms. The predicted molar refractivity (Wildman–Crippen MR) is 68.7 cm³/mol.